The SMILES string of the molecule is CCc1nc([C@H]2CN(C)C[C@@H]2C(=O)N(C)Cc2nc3ccc(C)cc3[nH]2)c(C)[nH]1. The third kappa shape index (κ3) is 3.79. The van der Waals surface area contributed by atoms with Gasteiger partial charge in [0.1, 0.15) is 11.6 Å². The average molecular weight is 395 g/mol. The fourth-order valence-corrected chi connectivity index (χ4v) is 4.43. The predicted octanol–water partition coefficient (Wildman–Crippen LogP) is 2.77. The molecule has 1 aliphatic heterocycles. The number of hydrogen-bond donors (Lipinski definition) is 2. The van der Waals surface area contributed by atoms with Gasteiger partial charge in [-0.1, -0.05) is 13.0 Å². The van der Waals surface area contributed by atoms with Crippen LogP contribution in [-0.4, -0.2) is 62.8 Å². The first-order valence-corrected chi connectivity index (χ1v) is 10.3. The first-order valence-electron chi connectivity index (χ1n) is 10.3. The number of hydrogen-bond acceptors (Lipinski definition) is 4. The molecule has 2 atom stereocenters. The molecule has 7 heteroatoms. The molecule has 0 unspecified atom stereocenters. The molecule has 0 aliphatic carbocycles. The van der Waals surface area contributed by atoms with E-state index >= 15 is 0 Å². The van der Waals surface area contributed by atoms with E-state index < -0.39 is 0 Å². The van der Waals surface area contributed by atoms with Crippen molar-refractivity contribution in [2.75, 3.05) is 27.2 Å². The summed E-state index contributed by atoms with van der Waals surface area (Å²) in [6, 6.07) is 6.15. The number of nitrogens with one attached hydrogen (secondary N) is 2. The van der Waals surface area contributed by atoms with Gasteiger partial charge in [0, 0.05) is 38.2 Å². The van der Waals surface area contributed by atoms with E-state index in [4.69, 9.17) is 4.98 Å². The van der Waals surface area contributed by atoms with Crippen LogP contribution in [0.25, 0.3) is 11.0 Å². The Bertz CT molecular complexity index is 1040. The third-order valence-corrected chi connectivity index (χ3v) is 5.93. The molecule has 7 nitrogen and oxygen atoms in total. The Hall–Kier alpha value is -2.67. The molecule has 1 aromatic carbocycles. The molecule has 154 valence electrons. The minimum absolute atomic E-state index is 0.0941. The predicted molar refractivity (Wildman–Crippen MR) is 114 cm³/mol. The number of rotatable bonds is 5. The number of amides is 1. The van der Waals surface area contributed by atoms with E-state index in [0.29, 0.717) is 6.54 Å². The molecule has 1 fully saturated rings. The second kappa shape index (κ2) is 7.63. The van der Waals surface area contributed by atoms with Gasteiger partial charge in [-0.05, 0) is 38.6 Å². The second-order valence-electron chi connectivity index (χ2n) is 8.38. The van der Waals surface area contributed by atoms with Crippen LogP contribution in [0.3, 0.4) is 0 Å². The molecule has 0 bridgehead atoms. The zero-order chi connectivity index (χ0) is 20.7. The van der Waals surface area contributed by atoms with E-state index in [-0.39, 0.29) is 17.7 Å². The molecule has 1 amide bonds. The Kier molecular flexibility index (Phi) is 5.17. The Labute approximate surface area is 171 Å². The molecule has 2 N–H and O–H groups in total. The summed E-state index contributed by atoms with van der Waals surface area (Å²) in [5.41, 5.74) is 5.25. The zero-order valence-corrected chi connectivity index (χ0v) is 17.9. The van der Waals surface area contributed by atoms with Crippen LogP contribution in [0.2, 0.25) is 0 Å². The molecule has 29 heavy (non-hydrogen) atoms. The van der Waals surface area contributed by atoms with Gasteiger partial charge in [0.25, 0.3) is 0 Å². The lowest BCUT2D eigenvalue weighted by Crippen LogP contribution is -2.36. The van der Waals surface area contributed by atoms with Gasteiger partial charge in [0.15, 0.2) is 0 Å². The van der Waals surface area contributed by atoms with Crippen LogP contribution in [0.5, 0.6) is 0 Å². The minimum atomic E-state index is -0.0941. The van der Waals surface area contributed by atoms with Crippen molar-refractivity contribution in [3.05, 3.63) is 46.8 Å². The molecular weight excluding hydrogens is 364 g/mol. The number of fused-ring (bicyclic) bond motifs is 1. The summed E-state index contributed by atoms with van der Waals surface area (Å²) in [5.74, 6) is 1.97. The van der Waals surface area contributed by atoms with Crippen molar-refractivity contribution in [3.63, 3.8) is 0 Å². The van der Waals surface area contributed by atoms with Crippen molar-refractivity contribution in [2.45, 2.75) is 39.7 Å². The van der Waals surface area contributed by atoms with Gasteiger partial charge in [-0.15, -0.1) is 0 Å². The number of aromatic nitrogens is 4. The third-order valence-electron chi connectivity index (χ3n) is 5.93. The number of carbonyl (C=O) groups is 1. The van der Waals surface area contributed by atoms with Crippen LogP contribution in [0.1, 0.15) is 41.4 Å². The van der Waals surface area contributed by atoms with E-state index in [1.54, 1.807) is 4.90 Å². The number of aromatic amines is 2. The number of H-pyrrole nitrogens is 2. The lowest BCUT2D eigenvalue weighted by Gasteiger charge is -2.23. The Balaban J connectivity index is 1.53. The van der Waals surface area contributed by atoms with E-state index in [9.17, 15) is 4.79 Å². The van der Waals surface area contributed by atoms with Crippen molar-refractivity contribution in [1.29, 1.82) is 0 Å². The number of imidazole rings is 2. The summed E-state index contributed by atoms with van der Waals surface area (Å²) >= 11 is 0. The van der Waals surface area contributed by atoms with Gasteiger partial charge in [0.05, 0.1) is 29.2 Å². The first kappa shape index (κ1) is 19.6. The van der Waals surface area contributed by atoms with Gasteiger partial charge in [-0.3, -0.25) is 4.79 Å². The van der Waals surface area contributed by atoms with Crippen LogP contribution >= 0.6 is 0 Å². The number of likely N-dealkylation sites (N-methyl/N-ethyl adjacent to an activating group) is 1. The molecule has 4 rings (SSSR count). The molecule has 0 radical (unpaired) electrons. The van der Waals surface area contributed by atoms with Crippen LogP contribution in [0, 0.1) is 19.8 Å². The topological polar surface area (TPSA) is 80.9 Å². The highest BCUT2D eigenvalue weighted by Gasteiger charge is 2.40. The summed E-state index contributed by atoms with van der Waals surface area (Å²) in [6.07, 6.45) is 0.868. The smallest absolute Gasteiger partial charge is 0.227 e. The Morgan fingerprint density at radius 3 is 2.72 bits per heavy atom. The van der Waals surface area contributed by atoms with Gasteiger partial charge in [-0.25, -0.2) is 9.97 Å². The standard InChI is InChI=1S/C22H30N6O/c1-6-19-23-14(3)21(26-19)15-10-27(4)11-16(15)22(29)28(5)12-20-24-17-8-7-13(2)9-18(17)25-20/h7-9,15-16H,6,10-12H2,1-5H3,(H,23,26)(H,24,25)/t15-,16-/m0/s1. The fraction of sp³-hybridized carbons (Fsp3) is 0.500. The quantitative estimate of drug-likeness (QED) is 0.697. The van der Waals surface area contributed by atoms with Gasteiger partial charge in [-0.2, -0.15) is 0 Å². The maximum atomic E-state index is 13.4. The zero-order valence-electron chi connectivity index (χ0n) is 17.9. The lowest BCUT2D eigenvalue weighted by atomic mass is 9.90. The maximum Gasteiger partial charge on any atom is 0.227 e. The summed E-state index contributed by atoms with van der Waals surface area (Å²) in [7, 11) is 3.94. The van der Waals surface area contributed by atoms with Crippen LogP contribution in [0.4, 0.5) is 0 Å². The van der Waals surface area contributed by atoms with E-state index in [1.165, 1.54) is 5.56 Å². The second-order valence-corrected chi connectivity index (χ2v) is 8.38. The van der Waals surface area contributed by atoms with Crippen molar-refractivity contribution < 1.29 is 4.79 Å². The number of likely N-dealkylation sites (tertiary alicyclic amines) is 1. The van der Waals surface area contributed by atoms with Gasteiger partial charge < -0.3 is 19.8 Å². The summed E-state index contributed by atoms with van der Waals surface area (Å²) in [5, 5.41) is 0. The molecule has 2 aromatic heterocycles. The number of aryl methyl sites for hydroxylation is 3. The van der Waals surface area contributed by atoms with E-state index in [1.807, 2.05) is 13.1 Å². The summed E-state index contributed by atoms with van der Waals surface area (Å²) in [6.45, 7) is 8.28. The normalized spacial score (nSPS) is 19.9. The highest BCUT2D eigenvalue weighted by molar-refractivity contribution is 5.80. The fourth-order valence-electron chi connectivity index (χ4n) is 4.43. The van der Waals surface area contributed by atoms with Crippen molar-refractivity contribution in [1.82, 2.24) is 29.7 Å². The number of benzene rings is 1. The van der Waals surface area contributed by atoms with E-state index in [0.717, 1.165) is 53.6 Å². The van der Waals surface area contributed by atoms with Gasteiger partial charge >= 0.3 is 0 Å². The van der Waals surface area contributed by atoms with Crippen molar-refractivity contribution >= 4 is 16.9 Å². The van der Waals surface area contributed by atoms with Crippen molar-refractivity contribution in [2.24, 2.45) is 5.92 Å². The van der Waals surface area contributed by atoms with Crippen LogP contribution < -0.4 is 0 Å². The lowest BCUT2D eigenvalue weighted by molar-refractivity contribution is -0.134. The minimum Gasteiger partial charge on any atom is -0.346 e. The highest BCUT2D eigenvalue weighted by atomic mass is 16.2. The Morgan fingerprint density at radius 1 is 1.21 bits per heavy atom. The average Bonchev–Trinajstić information content (AvgIpc) is 3.36. The monoisotopic (exact) mass is 394 g/mol. The molecule has 0 spiro atoms. The van der Waals surface area contributed by atoms with Gasteiger partial charge in [0.2, 0.25) is 5.91 Å². The molecule has 3 aromatic rings. The molecule has 0 saturated carbocycles. The van der Waals surface area contributed by atoms with Crippen LogP contribution in [-0.2, 0) is 17.8 Å². The largest absolute Gasteiger partial charge is 0.346 e. The molecular formula is C22H30N6O. The highest BCUT2D eigenvalue weighted by Crippen LogP contribution is 2.34. The molecule has 1 aliphatic rings. The molecule has 3 heterocycles. The maximum absolute atomic E-state index is 13.4. The number of nitrogens with zero attached hydrogens (tertiary/aromatic N) is 4. The Morgan fingerprint density at radius 2 is 2.00 bits per heavy atom. The van der Waals surface area contributed by atoms with Crippen molar-refractivity contribution in [3.8, 4) is 0 Å². The first-order chi connectivity index (χ1) is 13.9. The summed E-state index contributed by atoms with van der Waals surface area (Å²) < 4.78 is 0. The van der Waals surface area contributed by atoms with Crippen LogP contribution in [0.15, 0.2) is 18.2 Å². The molecule has 1 saturated heterocycles. The van der Waals surface area contributed by atoms with E-state index in [2.05, 4.69) is 59.8 Å². The summed E-state index contributed by atoms with van der Waals surface area (Å²) in [4.78, 5) is 33.5. The number of carbonyl (C=O) groups excluding carboxylic acids is 1.